The molecule has 1 unspecified atom stereocenters. The number of thioether (sulfide) groups is 1. The first-order valence-corrected chi connectivity index (χ1v) is 12.1. The van der Waals surface area contributed by atoms with E-state index in [0.29, 0.717) is 16.2 Å². The third-order valence-corrected chi connectivity index (χ3v) is 6.88. The number of nitrogens with one attached hydrogen (secondary N) is 2. The van der Waals surface area contributed by atoms with Crippen LogP contribution < -0.4 is 10.9 Å². The van der Waals surface area contributed by atoms with E-state index in [1.165, 1.54) is 41.9 Å². The van der Waals surface area contributed by atoms with Gasteiger partial charge in [-0.15, -0.1) is 0 Å². The van der Waals surface area contributed by atoms with E-state index in [9.17, 15) is 9.59 Å². The van der Waals surface area contributed by atoms with Crippen molar-refractivity contribution >= 4 is 28.7 Å². The molecule has 7 nitrogen and oxygen atoms in total. The summed E-state index contributed by atoms with van der Waals surface area (Å²) in [4.78, 5) is 32.4. The van der Waals surface area contributed by atoms with Crippen LogP contribution in [0.15, 0.2) is 64.7 Å². The van der Waals surface area contributed by atoms with Crippen molar-refractivity contribution in [1.29, 1.82) is 0 Å². The summed E-state index contributed by atoms with van der Waals surface area (Å²) in [7, 11) is 0. The Morgan fingerprint density at radius 1 is 1.15 bits per heavy atom. The number of rotatable bonds is 6. The number of hydrogen-bond donors (Lipinski definition) is 2. The summed E-state index contributed by atoms with van der Waals surface area (Å²) >= 11 is 1.21. The molecular formula is C25H25N5O2S. The summed E-state index contributed by atoms with van der Waals surface area (Å²) in [6.45, 7) is 2.00. The summed E-state index contributed by atoms with van der Waals surface area (Å²) in [5.41, 5.74) is 4.97. The van der Waals surface area contributed by atoms with Gasteiger partial charge in [0.05, 0.1) is 23.7 Å². The number of amides is 1. The Morgan fingerprint density at radius 2 is 1.94 bits per heavy atom. The SMILES string of the molecule is CC(NC(=O)CSc1nc2c(cnn2-c2ccccc2)c(=O)[nH]1)c1ccc2c(c1)CCCC2. The van der Waals surface area contributed by atoms with Gasteiger partial charge in [-0.25, -0.2) is 9.67 Å². The maximum absolute atomic E-state index is 12.6. The molecule has 1 aliphatic carbocycles. The van der Waals surface area contributed by atoms with Crippen LogP contribution in [-0.4, -0.2) is 31.4 Å². The van der Waals surface area contributed by atoms with Crippen LogP contribution >= 0.6 is 11.8 Å². The van der Waals surface area contributed by atoms with Gasteiger partial charge < -0.3 is 10.3 Å². The fourth-order valence-corrected chi connectivity index (χ4v) is 4.91. The zero-order valence-electron chi connectivity index (χ0n) is 18.4. The lowest BCUT2D eigenvalue weighted by molar-refractivity contribution is -0.119. The van der Waals surface area contributed by atoms with Crippen LogP contribution in [0.3, 0.4) is 0 Å². The monoisotopic (exact) mass is 459 g/mol. The molecule has 0 saturated carbocycles. The molecule has 8 heteroatoms. The second-order valence-electron chi connectivity index (χ2n) is 8.31. The first-order chi connectivity index (χ1) is 16.1. The summed E-state index contributed by atoms with van der Waals surface area (Å²) in [6, 6.07) is 16.0. The van der Waals surface area contributed by atoms with Crippen LogP contribution in [0, 0.1) is 0 Å². The number of benzene rings is 2. The first-order valence-electron chi connectivity index (χ1n) is 11.2. The van der Waals surface area contributed by atoms with Crippen LogP contribution in [0.25, 0.3) is 16.7 Å². The van der Waals surface area contributed by atoms with Crippen molar-refractivity contribution in [3.05, 3.63) is 81.8 Å². The number of aromatic nitrogens is 4. The number of carbonyl (C=O) groups excluding carboxylic acids is 1. The Morgan fingerprint density at radius 3 is 2.76 bits per heavy atom. The summed E-state index contributed by atoms with van der Waals surface area (Å²) < 4.78 is 1.63. The molecule has 4 aromatic rings. The molecule has 5 rings (SSSR count). The molecule has 1 amide bonds. The minimum atomic E-state index is -0.271. The number of aryl methyl sites for hydroxylation is 2. The summed E-state index contributed by atoms with van der Waals surface area (Å²) in [6.07, 6.45) is 6.25. The predicted octanol–water partition coefficient (Wildman–Crippen LogP) is 3.96. The van der Waals surface area contributed by atoms with Gasteiger partial charge in [0.25, 0.3) is 5.56 Å². The van der Waals surface area contributed by atoms with E-state index in [1.54, 1.807) is 4.68 Å². The van der Waals surface area contributed by atoms with Gasteiger partial charge in [-0.1, -0.05) is 48.2 Å². The highest BCUT2D eigenvalue weighted by atomic mass is 32.2. The van der Waals surface area contributed by atoms with Gasteiger partial charge in [0.1, 0.15) is 5.39 Å². The van der Waals surface area contributed by atoms with E-state index in [1.807, 2.05) is 37.3 Å². The number of H-pyrrole nitrogens is 1. The van der Waals surface area contributed by atoms with Crippen molar-refractivity contribution in [3.63, 3.8) is 0 Å². The molecule has 2 N–H and O–H groups in total. The second kappa shape index (κ2) is 9.23. The maximum Gasteiger partial charge on any atom is 0.262 e. The predicted molar refractivity (Wildman–Crippen MR) is 130 cm³/mol. The molecule has 168 valence electrons. The third-order valence-electron chi connectivity index (χ3n) is 6.01. The number of aromatic amines is 1. The van der Waals surface area contributed by atoms with E-state index in [4.69, 9.17) is 0 Å². The lowest BCUT2D eigenvalue weighted by Gasteiger charge is -2.20. The fraction of sp³-hybridized carbons (Fsp3) is 0.280. The molecule has 0 radical (unpaired) electrons. The van der Waals surface area contributed by atoms with Gasteiger partial charge in [0.15, 0.2) is 10.8 Å². The third kappa shape index (κ3) is 4.57. The lowest BCUT2D eigenvalue weighted by atomic mass is 9.89. The molecule has 1 atom stereocenters. The number of hydrogen-bond acceptors (Lipinski definition) is 5. The summed E-state index contributed by atoms with van der Waals surface area (Å²) in [5, 5.41) is 8.17. The molecule has 0 bridgehead atoms. The highest BCUT2D eigenvalue weighted by molar-refractivity contribution is 7.99. The van der Waals surface area contributed by atoms with Crippen LogP contribution in [0.5, 0.6) is 0 Å². The van der Waals surface area contributed by atoms with Gasteiger partial charge in [-0.05, 0) is 61.4 Å². The smallest absolute Gasteiger partial charge is 0.262 e. The average molecular weight is 460 g/mol. The normalized spacial score (nSPS) is 14.1. The molecular weight excluding hydrogens is 434 g/mol. The van der Waals surface area contributed by atoms with Crippen LogP contribution in [-0.2, 0) is 17.6 Å². The van der Waals surface area contributed by atoms with Crippen LogP contribution in [0.1, 0.15) is 42.5 Å². The van der Waals surface area contributed by atoms with E-state index >= 15 is 0 Å². The Kier molecular flexibility index (Phi) is 6.00. The molecule has 0 saturated heterocycles. The Balaban J connectivity index is 1.27. The van der Waals surface area contributed by atoms with Crippen molar-refractivity contribution in [3.8, 4) is 5.69 Å². The maximum atomic E-state index is 12.6. The molecule has 0 fully saturated rings. The van der Waals surface area contributed by atoms with E-state index in [0.717, 1.165) is 24.1 Å². The van der Waals surface area contributed by atoms with Crippen molar-refractivity contribution < 1.29 is 4.79 Å². The Bertz CT molecular complexity index is 1360. The van der Waals surface area contributed by atoms with Crippen molar-refractivity contribution in [2.45, 2.75) is 43.8 Å². The highest BCUT2D eigenvalue weighted by Crippen LogP contribution is 2.25. The van der Waals surface area contributed by atoms with E-state index in [2.05, 4.69) is 38.6 Å². The van der Waals surface area contributed by atoms with Gasteiger partial charge in [-0.3, -0.25) is 9.59 Å². The molecule has 2 aromatic carbocycles. The van der Waals surface area contributed by atoms with Crippen molar-refractivity contribution in [2.75, 3.05) is 5.75 Å². The van der Waals surface area contributed by atoms with Gasteiger partial charge in [0.2, 0.25) is 5.91 Å². The fourth-order valence-electron chi connectivity index (χ4n) is 4.25. The zero-order chi connectivity index (χ0) is 22.8. The van der Waals surface area contributed by atoms with Crippen LogP contribution in [0.2, 0.25) is 0 Å². The van der Waals surface area contributed by atoms with Crippen LogP contribution in [0.4, 0.5) is 0 Å². The quantitative estimate of drug-likeness (QED) is 0.336. The molecule has 33 heavy (non-hydrogen) atoms. The Hall–Kier alpha value is -3.39. The Labute approximate surface area is 195 Å². The average Bonchev–Trinajstić information content (AvgIpc) is 3.27. The van der Waals surface area contributed by atoms with E-state index < -0.39 is 0 Å². The van der Waals surface area contributed by atoms with Gasteiger partial charge >= 0.3 is 0 Å². The topological polar surface area (TPSA) is 92.7 Å². The van der Waals surface area contributed by atoms with Gasteiger partial charge in [0, 0.05) is 0 Å². The molecule has 1 aliphatic rings. The summed E-state index contributed by atoms with van der Waals surface area (Å²) in [5.74, 6) is 0.0490. The number of carbonyl (C=O) groups is 1. The minimum absolute atomic E-state index is 0.0840. The molecule has 2 aromatic heterocycles. The molecule has 2 heterocycles. The standard InChI is InChI=1S/C25H25N5O2S/c1-16(18-12-11-17-7-5-6-8-19(17)13-18)27-22(31)15-33-25-28-23-21(24(32)29-25)14-26-30(23)20-9-3-2-4-10-20/h2-4,9-14,16H,5-8,15H2,1H3,(H,27,31)(H,28,29,32). The van der Waals surface area contributed by atoms with E-state index in [-0.39, 0.29) is 23.3 Å². The number of para-hydroxylation sites is 1. The number of nitrogens with zero attached hydrogens (tertiary/aromatic N) is 3. The number of fused-ring (bicyclic) bond motifs is 2. The largest absolute Gasteiger partial charge is 0.349 e. The lowest BCUT2D eigenvalue weighted by Crippen LogP contribution is -2.28. The minimum Gasteiger partial charge on any atom is -0.349 e. The molecule has 0 aliphatic heterocycles. The zero-order valence-corrected chi connectivity index (χ0v) is 19.2. The second-order valence-corrected chi connectivity index (χ2v) is 9.28. The highest BCUT2D eigenvalue weighted by Gasteiger charge is 2.16. The molecule has 0 spiro atoms. The first kappa shape index (κ1) is 21.5. The van der Waals surface area contributed by atoms with Crippen molar-refractivity contribution in [2.24, 2.45) is 0 Å². The van der Waals surface area contributed by atoms with Crippen molar-refractivity contribution in [1.82, 2.24) is 25.1 Å². The van der Waals surface area contributed by atoms with Gasteiger partial charge in [-0.2, -0.15) is 5.10 Å².